The van der Waals surface area contributed by atoms with Crippen LogP contribution in [0.25, 0.3) is 38.6 Å². The van der Waals surface area contributed by atoms with Gasteiger partial charge in [0, 0.05) is 28.5 Å². The van der Waals surface area contributed by atoms with E-state index in [4.69, 9.17) is 11.3 Å². The third-order valence-electron chi connectivity index (χ3n) is 11.3. The molecule has 8 aromatic carbocycles. The Morgan fingerprint density at radius 1 is 0.566 bits per heavy atom. The molecule has 4 heteroatoms. The van der Waals surface area contributed by atoms with Crippen molar-refractivity contribution in [3.63, 3.8) is 0 Å². The summed E-state index contributed by atoms with van der Waals surface area (Å²) < 4.78 is 6.53. The molecule has 0 amide bonds. The summed E-state index contributed by atoms with van der Waals surface area (Å²) in [4.78, 5) is 2.38. The fraction of sp³-hybridized carbons (Fsp3) is 0.0204. The highest BCUT2D eigenvalue weighted by molar-refractivity contribution is 6.71. The predicted octanol–water partition coefficient (Wildman–Crippen LogP) is 11.4. The van der Waals surface area contributed by atoms with E-state index in [1.807, 2.05) is 18.2 Å². The molecular formula is C49H33BN2O. The number of fused-ring (bicyclic) bond motifs is 8. The number of hydrogen-bond donors (Lipinski definition) is 1. The van der Waals surface area contributed by atoms with E-state index in [9.17, 15) is 0 Å². The molecule has 8 aromatic rings. The molecule has 3 nitrogen and oxygen atoms in total. The lowest BCUT2D eigenvalue weighted by Crippen LogP contribution is -2.42. The van der Waals surface area contributed by atoms with Crippen molar-refractivity contribution in [2.75, 3.05) is 10.2 Å². The molecule has 0 fully saturated rings. The number of benzene rings is 8. The summed E-state index contributed by atoms with van der Waals surface area (Å²) >= 11 is 0. The number of para-hydroxylation sites is 5. The third-order valence-corrected chi connectivity index (χ3v) is 11.3. The summed E-state index contributed by atoms with van der Waals surface area (Å²) in [7, 11) is 0.818. The lowest BCUT2D eigenvalue weighted by atomic mass is 9.49. The molecule has 1 atom stereocenters. The number of ether oxygens (including phenoxy) is 1. The molecular weight excluding hydrogens is 643 g/mol. The Morgan fingerprint density at radius 2 is 1.26 bits per heavy atom. The van der Waals surface area contributed by atoms with E-state index in [-0.39, 0.29) is 5.92 Å². The molecule has 0 spiro atoms. The number of rotatable bonds is 4. The van der Waals surface area contributed by atoms with E-state index in [1.54, 1.807) is 0 Å². The van der Waals surface area contributed by atoms with Crippen LogP contribution in [0.1, 0.15) is 22.6 Å². The molecule has 0 aromatic heterocycles. The van der Waals surface area contributed by atoms with Crippen molar-refractivity contribution >= 4 is 63.0 Å². The van der Waals surface area contributed by atoms with Crippen LogP contribution in [0.4, 0.5) is 28.4 Å². The van der Waals surface area contributed by atoms with Gasteiger partial charge < -0.3 is 15.0 Å². The van der Waals surface area contributed by atoms with Gasteiger partial charge in [0.25, 0.3) is 0 Å². The Balaban J connectivity index is 1.21. The van der Waals surface area contributed by atoms with E-state index in [2.05, 4.69) is 162 Å². The maximum absolute atomic E-state index is 6.53. The zero-order valence-electron chi connectivity index (χ0n) is 29.0. The summed E-state index contributed by atoms with van der Waals surface area (Å²) in [5, 5.41) is 6.26. The van der Waals surface area contributed by atoms with Gasteiger partial charge in [-0.2, -0.15) is 0 Å². The van der Waals surface area contributed by atoms with Crippen LogP contribution >= 0.6 is 0 Å². The van der Waals surface area contributed by atoms with Gasteiger partial charge in [0.2, 0.25) is 0 Å². The molecule has 0 bridgehead atoms. The third kappa shape index (κ3) is 4.55. The van der Waals surface area contributed by atoms with Crippen molar-refractivity contribution in [2.45, 2.75) is 5.92 Å². The lowest BCUT2D eigenvalue weighted by molar-refractivity contribution is 0.481. The standard InChI is InChI=1S/C49H33BN2O/c1-30-45-35-19-9-8-14-31(35)26-27-37(45)36-20-12-22-41-47(36)46(30)40-29-34(52(32-15-4-2-5-16-32)33-17-6-3-7-18-33)28-39(48(40)50-41)38-21-13-25-44-49(38)51-42-23-10-11-24-43(42)53-44/h2-29,46,50-51H,1H2. The monoisotopic (exact) mass is 676 g/mol. The van der Waals surface area contributed by atoms with Gasteiger partial charge in [0.15, 0.2) is 18.8 Å². The summed E-state index contributed by atoms with van der Waals surface area (Å²) in [6, 6.07) is 61.0. The average molecular weight is 677 g/mol. The van der Waals surface area contributed by atoms with Crippen molar-refractivity contribution in [3.8, 4) is 33.8 Å². The summed E-state index contributed by atoms with van der Waals surface area (Å²) in [6.45, 7) is 4.97. The minimum Gasteiger partial charge on any atom is -0.453 e. The molecule has 2 aliphatic heterocycles. The molecule has 53 heavy (non-hydrogen) atoms. The summed E-state index contributed by atoms with van der Waals surface area (Å²) in [5.41, 5.74) is 17.9. The normalized spacial score (nSPS) is 14.3. The minimum atomic E-state index is -0.0140. The highest BCUT2D eigenvalue weighted by Crippen LogP contribution is 2.53. The van der Waals surface area contributed by atoms with Crippen LogP contribution in [0.3, 0.4) is 0 Å². The topological polar surface area (TPSA) is 24.5 Å². The van der Waals surface area contributed by atoms with E-state index >= 15 is 0 Å². The number of nitrogens with zero attached hydrogens (tertiary/aromatic N) is 1. The molecule has 1 unspecified atom stereocenters. The number of allylic oxidation sites excluding steroid dienone is 1. The van der Waals surface area contributed by atoms with Gasteiger partial charge >= 0.3 is 0 Å². The molecule has 1 aliphatic carbocycles. The van der Waals surface area contributed by atoms with E-state index in [0.717, 1.165) is 58.4 Å². The molecule has 2 heterocycles. The highest BCUT2D eigenvalue weighted by atomic mass is 16.5. The SMILES string of the molecule is C=C1c2c(ccc3ccccc23)-c2cccc3c2C1c1cc(N(c2ccccc2)c2ccccc2)cc(-c2cccc4c2Nc2ccccc2O4)c1B3. The van der Waals surface area contributed by atoms with Crippen LogP contribution in [0.15, 0.2) is 176 Å². The second-order valence-electron chi connectivity index (χ2n) is 14.2. The molecule has 0 radical (unpaired) electrons. The first-order valence-electron chi connectivity index (χ1n) is 18.3. The minimum absolute atomic E-state index is 0.0140. The number of hydrogen-bond acceptors (Lipinski definition) is 3. The van der Waals surface area contributed by atoms with Crippen LogP contribution in [0, 0.1) is 0 Å². The lowest BCUT2D eigenvalue weighted by Gasteiger charge is -2.39. The van der Waals surface area contributed by atoms with Crippen LogP contribution in [-0.4, -0.2) is 7.28 Å². The Labute approximate surface area is 309 Å². The van der Waals surface area contributed by atoms with Crippen LogP contribution < -0.4 is 25.9 Å². The first-order chi connectivity index (χ1) is 26.2. The summed E-state index contributed by atoms with van der Waals surface area (Å²) in [6.07, 6.45) is 0. The van der Waals surface area contributed by atoms with Gasteiger partial charge in [-0.1, -0.05) is 133 Å². The van der Waals surface area contributed by atoms with Crippen LogP contribution in [0.5, 0.6) is 11.5 Å². The maximum Gasteiger partial charge on any atom is 0.193 e. The fourth-order valence-electron chi connectivity index (χ4n) is 9.02. The second-order valence-corrected chi connectivity index (χ2v) is 14.2. The molecule has 3 aliphatic rings. The van der Waals surface area contributed by atoms with Crippen LogP contribution in [0.2, 0.25) is 0 Å². The molecule has 1 N–H and O–H groups in total. The van der Waals surface area contributed by atoms with Crippen molar-refractivity contribution < 1.29 is 4.74 Å². The first kappa shape index (κ1) is 29.9. The first-order valence-corrected chi connectivity index (χ1v) is 18.3. The molecule has 248 valence electrons. The van der Waals surface area contributed by atoms with Gasteiger partial charge in [0.1, 0.15) is 0 Å². The largest absolute Gasteiger partial charge is 0.453 e. The van der Waals surface area contributed by atoms with E-state index < -0.39 is 0 Å². The fourth-order valence-corrected chi connectivity index (χ4v) is 9.02. The zero-order chi connectivity index (χ0) is 35.0. The maximum atomic E-state index is 6.53. The van der Waals surface area contributed by atoms with E-state index in [0.29, 0.717) is 0 Å². The predicted molar refractivity (Wildman–Crippen MR) is 223 cm³/mol. The van der Waals surface area contributed by atoms with Gasteiger partial charge in [-0.3, -0.25) is 0 Å². The Kier molecular flexibility index (Phi) is 6.56. The zero-order valence-corrected chi connectivity index (χ0v) is 29.0. The van der Waals surface area contributed by atoms with Gasteiger partial charge in [-0.25, -0.2) is 0 Å². The van der Waals surface area contributed by atoms with Crippen molar-refractivity contribution in [1.82, 2.24) is 0 Å². The Hall–Kier alpha value is -6.78. The Bertz CT molecular complexity index is 2750. The second kappa shape index (κ2) is 11.6. The van der Waals surface area contributed by atoms with Gasteiger partial charge in [-0.05, 0) is 104 Å². The van der Waals surface area contributed by atoms with Crippen molar-refractivity contribution in [2.24, 2.45) is 0 Å². The summed E-state index contributed by atoms with van der Waals surface area (Å²) in [5.74, 6) is 1.64. The quantitative estimate of drug-likeness (QED) is 0.188. The number of anilines is 5. The Morgan fingerprint density at radius 3 is 2.09 bits per heavy atom. The van der Waals surface area contributed by atoms with Crippen molar-refractivity contribution in [1.29, 1.82) is 0 Å². The van der Waals surface area contributed by atoms with Crippen LogP contribution in [-0.2, 0) is 0 Å². The molecule has 0 saturated carbocycles. The van der Waals surface area contributed by atoms with Gasteiger partial charge in [0.05, 0.1) is 11.4 Å². The highest BCUT2D eigenvalue weighted by Gasteiger charge is 2.38. The van der Waals surface area contributed by atoms with E-state index in [1.165, 1.54) is 55.1 Å². The van der Waals surface area contributed by atoms with Gasteiger partial charge in [-0.15, -0.1) is 0 Å². The average Bonchev–Trinajstić information content (AvgIpc) is 3.21. The molecule has 0 saturated heterocycles. The molecule has 11 rings (SSSR count). The van der Waals surface area contributed by atoms with Crippen molar-refractivity contribution in [3.05, 3.63) is 193 Å². The number of nitrogens with one attached hydrogen (secondary N) is 1. The smallest absolute Gasteiger partial charge is 0.193 e.